The van der Waals surface area contributed by atoms with E-state index in [1.807, 2.05) is 24.3 Å². The summed E-state index contributed by atoms with van der Waals surface area (Å²) < 4.78 is 5.25. The van der Waals surface area contributed by atoms with Crippen LogP contribution in [0.25, 0.3) is 11.1 Å². The van der Waals surface area contributed by atoms with Crippen molar-refractivity contribution in [3.05, 3.63) is 35.0 Å². The Hall–Kier alpha value is -1.48. The summed E-state index contributed by atoms with van der Waals surface area (Å²) in [6, 6.07) is 7.65. The molecule has 0 aliphatic carbocycles. The lowest BCUT2D eigenvalue weighted by Crippen LogP contribution is -2.01. The number of halogens is 1. The number of rotatable bonds is 6. The Morgan fingerprint density at radius 2 is 1.75 bits per heavy atom. The lowest BCUT2D eigenvalue weighted by Gasteiger charge is -2.14. The second-order valence-corrected chi connectivity index (χ2v) is 5.52. The fourth-order valence-electron chi connectivity index (χ4n) is 2.62. The Balaban J connectivity index is 2.42. The summed E-state index contributed by atoms with van der Waals surface area (Å²) in [4.78, 5) is 0. The summed E-state index contributed by atoms with van der Waals surface area (Å²) in [5, 5.41) is 4.93. The summed E-state index contributed by atoms with van der Waals surface area (Å²) >= 11 is 5.94. The van der Waals surface area contributed by atoms with E-state index in [1.54, 1.807) is 0 Å². The zero-order valence-corrected chi connectivity index (χ0v) is 12.8. The van der Waals surface area contributed by atoms with Crippen molar-refractivity contribution in [3.8, 4) is 11.1 Å². The molecule has 0 unspecified atom stereocenters. The molecule has 0 atom stereocenters. The van der Waals surface area contributed by atoms with Crippen LogP contribution in [0.3, 0.4) is 0 Å². The molecule has 0 saturated carbocycles. The molecule has 3 nitrogen and oxygen atoms in total. The quantitative estimate of drug-likeness (QED) is 0.790. The molecule has 1 aromatic heterocycles. The number of nitrogens with two attached hydrogens (primary N) is 1. The Kier molecular flexibility index (Phi) is 5.07. The van der Waals surface area contributed by atoms with Gasteiger partial charge in [0.05, 0.1) is 11.3 Å². The van der Waals surface area contributed by atoms with E-state index in [2.05, 4.69) is 19.0 Å². The molecule has 1 heterocycles. The predicted octanol–water partition coefficient (Wildman–Crippen LogP) is 5.26. The summed E-state index contributed by atoms with van der Waals surface area (Å²) in [5.74, 6) is 0.788. The van der Waals surface area contributed by atoms with Gasteiger partial charge in [0.2, 0.25) is 5.88 Å². The molecule has 0 amide bonds. The van der Waals surface area contributed by atoms with Gasteiger partial charge in [-0.15, -0.1) is 0 Å². The highest BCUT2D eigenvalue weighted by Crippen LogP contribution is 2.37. The first-order chi connectivity index (χ1) is 9.67. The summed E-state index contributed by atoms with van der Waals surface area (Å²) in [5.41, 5.74) is 8.90. The van der Waals surface area contributed by atoms with Gasteiger partial charge in [0.15, 0.2) is 0 Å². The summed E-state index contributed by atoms with van der Waals surface area (Å²) in [6.45, 7) is 4.38. The maximum absolute atomic E-state index is 5.98. The normalized spacial score (nSPS) is 11.2. The monoisotopic (exact) mass is 292 g/mol. The fourth-order valence-corrected chi connectivity index (χ4v) is 2.74. The number of nitrogen functional groups attached to an aromatic ring is 1. The molecule has 4 heteroatoms. The third-order valence-corrected chi connectivity index (χ3v) is 3.79. The molecule has 0 saturated heterocycles. The van der Waals surface area contributed by atoms with E-state index >= 15 is 0 Å². The van der Waals surface area contributed by atoms with Crippen LogP contribution in [0.1, 0.15) is 51.1 Å². The van der Waals surface area contributed by atoms with Gasteiger partial charge in [-0.2, -0.15) is 0 Å². The van der Waals surface area contributed by atoms with Crippen LogP contribution in [0.15, 0.2) is 28.8 Å². The standard InChI is InChI=1S/C16H21ClN2O/c1-3-5-12(6-4-2)15-14(16(18)20-19-15)11-7-9-13(17)10-8-11/h7-10,12H,3-6,18H2,1-2H3. The minimum absolute atomic E-state index is 0.388. The highest BCUT2D eigenvalue weighted by Gasteiger charge is 2.22. The molecule has 0 radical (unpaired) electrons. The Morgan fingerprint density at radius 3 is 2.30 bits per heavy atom. The molecule has 0 aliphatic rings. The van der Waals surface area contributed by atoms with E-state index in [4.69, 9.17) is 21.9 Å². The van der Waals surface area contributed by atoms with Gasteiger partial charge in [0, 0.05) is 10.9 Å². The van der Waals surface area contributed by atoms with Crippen molar-refractivity contribution in [2.75, 3.05) is 5.73 Å². The van der Waals surface area contributed by atoms with Gasteiger partial charge in [0.25, 0.3) is 0 Å². The van der Waals surface area contributed by atoms with Crippen molar-refractivity contribution in [2.24, 2.45) is 0 Å². The zero-order chi connectivity index (χ0) is 14.5. The maximum Gasteiger partial charge on any atom is 0.230 e. The van der Waals surface area contributed by atoms with Crippen LogP contribution >= 0.6 is 11.6 Å². The summed E-state index contributed by atoms with van der Waals surface area (Å²) in [6.07, 6.45) is 4.44. The SMILES string of the molecule is CCCC(CCC)c1noc(N)c1-c1ccc(Cl)cc1. The van der Waals surface area contributed by atoms with Crippen LogP contribution in [0.2, 0.25) is 5.02 Å². The van der Waals surface area contributed by atoms with E-state index < -0.39 is 0 Å². The topological polar surface area (TPSA) is 52.0 Å². The number of hydrogen-bond acceptors (Lipinski definition) is 3. The lowest BCUT2D eigenvalue weighted by molar-refractivity contribution is 0.411. The molecule has 20 heavy (non-hydrogen) atoms. The minimum Gasteiger partial charge on any atom is -0.367 e. The molecule has 0 fully saturated rings. The largest absolute Gasteiger partial charge is 0.367 e. The van der Waals surface area contributed by atoms with E-state index in [-0.39, 0.29) is 0 Å². The first-order valence-electron chi connectivity index (χ1n) is 7.18. The highest BCUT2D eigenvalue weighted by molar-refractivity contribution is 6.30. The van der Waals surface area contributed by atoms with Gasteiger partial charge in [-0.1, -0.05) is 55.6 Å². The van der Waals surface area contributed by atoms with Gasteiger partial charge in [0.1, 0.15) is 0 Å². The van der Waals surface area contributed by atoms with Gasteiger partial charge in [-0.3, -0.25) is 0 Å². The molecule has 1 aromatic carbocycles. The molecule has 0 bridgehead atoms. The second kappa shape index (κ2) is 6.80. The van der Waals surface area contributed by atoms with Crippen molar-refractivity contribution >= 4 is 17.5 Å². The number of anilines is 1. The summed E-state index contributed by atoms with van der Waals surface area (Å²) in [7, 11) is 0. The lowest BCUT2D eigenvalue weighted by atomic mass is 9.90. The van der Waals surface area contributed by atoms with Crippen LogP contribution in [-0.2, 0) is 0 Å². The maximum atomic E-state index is 5.98. The smallest absolute Gasteiger partial charge is 0.230 e. The van der Waals surface area contributed by atoms with Crippen LogP contribution in [-0.4, -0.2) is 5.16 Å². The van der Waals surface area contributed by atoms with Crippen LogP contribution < -0.4 is 5.73 Å². The van der Waals surface area contributed by atoms with Crippen molar-refractivity contribution in [1.29, 1.82) is 0 Å². The Bertz CT molecular complexity index is 542. The van der Waals surface area contributed by atoms with Crippen LogP contribution in [0, 0.1) is 0 Å². The molecule has 2 N–H and O–H groups in total. The fraction of sp³-hybridized carbons (Fsp3) is 0.438. The van der Waals surface area contributed by atoms with Gasteiger partial charge >= 0.3 is 0 Å². The average Bonchev–Trinajstić information content (AvgIpc) is 2.81. The predicted molar refractivity (Wildman–Crippen MR) is 83.9 cm³/mol. The van der Waals surface area contributed by atoms with E-state index in [9.17, 15) is 0 Å². The van der Waals surface area contributed by atoms with Gasteiger partial charge in [-0.05, 0) is 30.5 Å². The number of hydrogen-bond donors (Lipinski definition) is 1. The van der Waals surface area contributed by atoms with E-state index in [1.165, 1.54) is 0 Å². The van der Waals surface area contributed by atoms with Crippen molar-refractivity contribution in [3.63, 3.8) is 0 Å². The molecule has 108 valence electrons. The third kappa shape index (κ3) is 3.15. The van der Waals surface area contributed by atoms with Gasteiger partial charge in [-0.25, -0.2) is 0 Å². The van der Waals surface area contributed by atoms with Crippen molar-refractivity contribution in [1.82, 2.24) is 5.16 Å². The molecule has 2 aromatic rings. The van der Waals surface area contributed by atoms with Crippen molar-refractivity contribution in [2.45, 2.75) is 45.4 Å². The van der Waals surface area contributed by atoms with Crippen LogP contribution in [0.4, 0.5) is 5.88 Å². The van der Waals surface area contributed by atoms with Crippen molar-refractivity contribution < 1.29 is 4.52 Å². The Morgan fingerprint density at radius 1 is 1.15 bits per heavy atom. The second-order valence-electron chi connectivity index (χ2n) is 5.09. The third-order valence-electron chi connectivity index (χ3n) is 3.54. The first kappa shape index (κ1) is 14.9. The molecule has 0 aliphatic heterocycles. The first-order valence-corrected chi connectivity index (χ1v) is 7.56. The number of nitrogens with zero attached hydrogens (tertiary/aromatic N) is 1. The minimum atomic E-state index is 0.388. The number of aromatic nitrogens is 1. The molecular formula is C16H21ClN2O. The average molecular weight is 293 g/mol. The van der Waals surface area contributed by atoms with E-state index in [0.717, 1.165) is 42.5 Å². The molecule has 0 spiro atoms. The van der Waals surface area contributed by atoms with Crippen LogP contribution in [0.5, 0.6) is 0 Å². The molecular weight excluding hydrogens is 272 g/mol. The molecule has 2 rings (SSSR count). The highest BCUT2D eigenvalue weighted by atomic mass is 35.5. The number of benzene rings is 1. The Labute approximate surface area is 125 Å². The van der Waals surface area contributed by atoms with Gasteiger partial charge < -0.3 is 10.3 Å². The van der Waals surface area contributed by atoms with E-state index in [0.29, 0.717) is 16.8 Å². The zero-order valence-electron chi connectivity index (χ0n) is 12.0.